The summed E-state index contributed by atoms with van der Waals surface area (Å²) in [6.45, 7) is 6.36. The lowest BCUT2D eigenvalue weighted by Gasteiger charge is -2.38. The highest BCUT2D eigenvalue weighted by Crippen LogP contribution is 2.39. The molecule has 108 valence electrons. The molecule has 3 heterocycles. The summed E-state index contributed by atoms with van der Waals surface area (Å²) in [5.74, 6) is 0. The van der Waals surface area contributed by atoms with Crippen LogP contribution in [0.5, 0.6) is 0 Å². The number of aryl methyl sites for hydroxylation is 1. The highest BCUT2D eigenvalue weighted by Gasteiger charge is 2.30. The topological polar surface area (TPSA) is 29.3 Å². The molecule has 2 N–H and O–H groups in total. The number of fused-ring (bicyclic) bond motifs is 1. The van der Waals surface area contributed by atoms with Crippen LogP contribution in [0.2, 0.25) is 0 Å². The first-order valence-corrected chi connectivity index (χ1v) is 9.04. The number of rotatable bonds is 4. The molecule has 0 amide bonds. The van der Waals surface area contributed by atoms with Crippen molar-refractivity contribution in [2.45, 2.75) is 38.8 Å². The van der Waals surface area contributed by atoms with Crippen molar-refractivity contribution in [1.29, 1.82) is 0 Å². The first kappa shape index (κ1) is 14.3. The zero-order chi connectivity index (χ0) is 14.1. The predicted molar refractivity (Wildman–Crippen MR) is 88.6 cm³/mol. The first-order chi connectivity index (χ1) is 9.74. The summed E-state index contributed by atoms with van der Waals surface area (Å²) >= 11 is 3.82. The van der Waals surface area contributed by atoms with Crippen LogP contribution >= 0.6 is 22.7 Å². The summed E-state index contributed by atoms with van der Waals surface area (Å²) in [5, 5.41) is 2.22. The maximum atomic E-state index is 6.11. The van der Waals surface area contributed by atoms with Gasteiger partial charge in [-0.2, -0.15) is 0 Å². The van der Waals surface area contributed by atoms with E-state index in [-0.39, 0.29) is 0 Å². The van der Waals surface area contributed by atoms with Crippen LogP contribution in [0.1, 0.15) is 46.1 Å². The lowest BCUT2D eigenvalue weighted by Crippen LogP contribution is -2.39. The second-order valence-corrected chi connectivity index (χ2v) is 7.57. The molecule has 1 aliphatic heterocycles. The molecule has 1 aliphatic rings. The minimum absolute atomic E-state index is 0.364. The van der Waals surface area contributed by atoms with Crippen molar-refractivity contribution in [2.75, 3.05) is 13.1 Å². The molecule has 0 aliphatic carbocycles. The summed E-state index contributed by atoms with van der Waals surface area (Å²) in [7, 11) is 0. The van der Waals surface area contributed by atoms with Gasteiger partial charge in [0.15, 0.2) is 0 Å². The molecular formula is C16H22N2S2. The van der Waals surface area contributed by atoms with E-state index >= 15 is 0 Å². The molecule has 20 heavy (non-hydrogen) atoms. The standard InChI is InChI=1S/C16H22N2S2/c1-3-12-4-5-16(20-12)14(10-17)18-8-6-15-13(11(18)2)7-9-19-15/h4-5,7,9,11,14H,3,6,8,10,17H2,1-2H3. The molecule has 0 saturated carbocycles. The Morgan fingerprint density at radius 2 is 2.25 bits per heavy atom. The number of thiophene rings is 2. The van der Waals surface area contributed by atoms with Crippen LogP contribution < -0.4 is 5.73 Å². The Balaban J connectivity index is 1.87. The molecule has 2 atom stereocenters. The van der Waals surface area contributed by atoms with E-state index < -0.39 is 0 Å². The van der Waals surface area contributed by atoms with Crippen LogP contribution in [-0.2, 0) is 12.8 Å². The van der Waals surface area contributed by atoms with Crippen LogP contribution in [0.4, 0.5) is 0 Å². The number of hydrogen-bond acceptors (Lipinski definition) is 4. The zero-order valence-corrected chi connectivity index (χ0v) is 13.8. The molecule has 2 unspecified atom stereocenters. The van der Waals surface area contributed by atoms with Gasteiger partial charge >= 0.3 is 0 Å². The fraction of sp³-hybridized carbons (Fsp3) is 0.500. The van der Waals surface area contributed by atoms with Gasteiger partial charge in [0.05, 0.1) is 6.04 Å². The van der Waals surface area contributed by atoms with E-state index in [2.05, 4.69) is 42.3 Å². The van der Waals surface area contributed by atoms with Crippen molar-refractivity contribution in [3.63, 3.8) is 0 Å². The quantitative estimate of drug-likeness (QED) is 0.925. The van der Waals surface area contributed by atoms with Crippen molar-refractivity contribution in [2.24, 2.45) is 5.73 Å². The summed E-state index contributed by atoms with van der Waals surface area (Å²) in [6.07, 6.45) is 2.28. The Labute approximate surface area is 129 Å². The lowest BCUT2D eigenvalue weighted by molar-refractivity contribution is 0.141. The fourth-order valence-electron chi connectivity index (χ4n) is 3.13. The van der Waals surface area contributed by atoms with Gasteiger partial charge in [-0.05, 0) is 48.9 Å². The molecule has 0 aromatic carbocycles. The molecule has 0 spiro atoms. The van der Waals surface area contributed by atoms with Gasteiger partial charge in [0, 0.05) is 33.8 Å². The van der Waals surface area contributed by atoms with Gasteiger partial charge in [-0.3, -0.25) is 4.90 Å². The molecule has 3 rings (SSSR count). The fourth-order valence-corrected chi connectivity index (χ4v) is 5.18. The molecule has 0 radical (unpaired) electrons. The number of hydrogen-bond donors (Lipinski definition) is 1. The Hall–Kier alpha value is -0.680. The maximum Gasteiger partial charge on any atom is 0.0569 e. The van der Waals surface area contributed by atoms with Gasteiger partial charge in [0.1, 0.15) is 0 Å². The van der Waals surface area contributed by atoms with Crippen molar-refractivity contribution >= 4 is 22.7 Å². The minimum Gasteiger partial charge on any atom is -0.329 e. The van der Waals surface area contributed by atoms with E-state index in [9.17, 15) is 0 Å². The summed E-state index contributed by atoms with van der Waals surface area (Å²) in [4.78, 5) is 7.03. The molecule has 2 aromatic rings. The Kier molecular flexibility index (Phi) is 4.26. The summed E-state index contributed by atoms with van der Waals surface area (Å²) in [5.41, 5.74) is 7.62. The Morgan fingerprint density at radius 3 is 2.95 bits per heavy atom. The zero-order valence-electron chi connectivity index (χ0n) is 12.1. The molecule has 0 saturated heterocycles. The van der Waals surface area contributed by atoms with Crippen LogP contribution in [0.25, 0.3) is 0 Å². The molecule has 0 fully saturated rings. The number of nitrogens with zero attached hydrogens (tertiary/aromatic N) is 1. The largest absolute Gasteiger partial charge is 0.329 e. The normalized spacial score (nSPS) is 20.9. The SMILES string of the molecule is CCc1ccc(C(CN)N2CCc3sccc3C2C)s1. The van der Waals surface area contributed by atoms with Crippen molar-refractivity contribution in [3.8, 4) is 0 Å². The van der Waals surface area contributed by atoms with E-state index in [1.165, 1.54) is 21.7 Å². The van der Waals surface area contributed by atoms with Gasteiger partial charge < -0.3 is 5.73 Å². The van der Waals surface area contributed by atoms with Crippen molar-refractivity contribution in [3.05, 3.63) is 43.8 Å². The van der Waals surface area contributed by atoms with Gasteiger partial charge in [0.2, 0.25) is 0 Å². The third-order valence-corrected chi connectivity index (χ3v) is 6.63. The minimum atomic E-state index is 0.364. The van der Waals surface area contributed by atoms with E-state index in [0.717, 1.165) is 13.0 Å². The van der Waals surface area contributed by atoms with E-state index in [1.54, 1.807) is 4.88 Å². The van der Waals surface area contributed by atoms with Crippen LogP contribution in [0.3, 0.4) is 0 Å². The van der Waals surface area contributed by atoms with Crippen molar-refractivity contribution < 1.29 is 0 Å². The third-order valence-electron chi connectivity index (χ3n) is 4.31. The third kappa shape index (κ3) is 2.46. The summed E-state index contributed by atoms with van der Waals surface area (Å²) < 4.78 is 0. The van der Waals surface area contributed by atoms with Crippen LogP contribution in [-0.4, -0.2) is 18.0 Å². The summed E-state index contributed by atoms with van der Waals surface area (Å²) in [6, 6.07) is 7.66. The molecule has 2 nitrogen and oxygen atoms in total. The average molecular weight is 306 g/mol. The van der Waals surface area contributed by atoms with Gasteiger partial charge in [-0.25, -0.2) is 0 Å². The van der Waals surface area contributed by atoms with Gasteiger partial charge in [-0.1, -0.05) is 6.92 Å². The molecule has 0 bridgehead atoms. The molecule has 2 aromatic heterocycles. The van der Waals surface area contributed by atoms with E-state index in [1.807, 2.05) is 22.7 Å². The van der Waals surface area contributed by atoms with Gasteiger partial charge in [-0.15, -0.1) is 22.7 Å². The second-order valence-electron chi connectivity index (χ2n) is 5.37. The van der Waals surface area contributed by atoms with Gasteiger partial charge in [0.25, 0.3) is 0 Å². The second kappa shape index (κ2) is 5.98. The van der Waals surface area contributed by atoms with E-state index in [4.69, 9.17) is 5.73 Å². The highest BCUT2D eigenvalue weighted by molar-refractivity contribution is 7.12. The average Bonchev–Trinajstić information content (AvgIpc) is 3.11. The van der Waals surface area contributed by atoms with Crippen LogP contribution in [0, 0.1) is 0 Å². The highest BCUT2D eigenvalue weighted by atomic mass is 32.1. The Morgan fingerprint density at radius 1 is 1.40 bits per heavy atom. The van der Waals surface area contributed by atoms with E-state index in [0.29, 0.717) is 18.6 Å². The smallest absolute Gasteiger partial charge is 0.0569 e. The maximum absolute atomic E-state index is 6.11. The monoisotopic (exact) mass is 306 g/mol. The molecule has 4 heteroatoms. The van der Waals surface area contributed by atoms with Crippen LogP contribution in [0.15, 0.2) is 23.6 Å². The first-order valence-electron chi connectivity index (χ1n) is 7.35. The lowest BCUT2D eigenvalue weighted by atomic mass is 9.98. The number of nitrogens with two attached hydrogens (primary N) is 1. The molecular weight excluding hydrogens is 284 g/mol. The predicted octanol–water partition coefficient (Wildman–Crippen LogP) is 3.99. The van der Waals surface area contributed by atoms with Crippen molar-refractivity contribution in [1.82, 2.24) is 4.90 Å². The Bertz CT molecular complexity index is 573.